The number of carboxylic acids is 1. The lowest BCUT2D eigenvalue weighted by Crippen LogP contribution is -2.00. The van der Waals surface area contributed by atoms with Crippen LogP contribution in [-0.2, 0) is 0 Å². The Kier molecular flexibility index (Phi) is 4.57. The van der Waals surface area contributed by atoms with Crippen molar-refractivity contribution < 1.29 is 14.6 Å². The van der Waals surface area contributed by atoms with Crippen LogP contribution in [0.2, 0.25) is 5.02 Å². The Labute approximate surface area is 198 Å². The van der Waals surface area contributed by atoms with Gasteiger partial charge in [0.15, 0.2) is 0 Å². The number of hydrogen-bond donors (Lipinski definition) is 3. The van der Waals surface area contributed by atoms with Gasteiger partial charge < -0.3 is 19.8 Å². The fourth-order valence-corrected chi connectivity index (χ4v) is 4.58. The zero-order valence-electron chi connectivity index (χ0n) is 18.0. The molecule has 0 aliphatic rings. The molecular weight excluding hydrogens is 450 g/mol. The summed E-state index contributed by atoms with van der Waals surface area (Å²) in [4.78, 5) is 22.5. The average Bonchev–Trinajstić information content (AvgIpc) is 3.39. The van der Waals surface area contributed by atoms with Crippen molar-refractivity contribution in [2.45, 2.75) is 6.92 Å². The van der Waals surface area contributed by atoms with Crippen LogP contribution in [0.3, 0.4) is 0 Å². The number of rotatable bonds is 4. The molecule has 0 radical (unpaired) electrons. The maximum atomic E-state index is 11.4. The SMILES string of the molecule is Cc1ccc(Oc2nc3cc(-c4ccc5c(c4)[nH]c4ccccc45)c(Cl)cc3[nH]2)cc1C(=O)O. The second-order valence-corrected chi connectivity index (χ2v) is 8.61. The van der Waals surface area contributed by atoms with Crippen molar-refractivity contribution in [2.24, 2.45) is 0 Å². The Morgan fingerprint density at radius 3 is 2.59 bits per heavy atom. The number of carboxylic acid groups (broad SMARTS) is 1. The summed E-state index contributed by atoms with van der Waals surface area (Å²) in [5.74, 6) is -0.617. The first kappa shape index (κ1) is 20.3. The molecule has 0 bridgehead atoms. The zero-order valence-corrected chi connectivity index (χ0v) is 18.8. The van der Waals surface area contributed by atoms with E-state index in [2.05, 4.69) is 45.3 Å². The van der Waals surface area contributed by atoms with Crippen molar-refractivity contribution in [3.05, 3.63) is 88.9 Å². The number of aromatic amines is 2. The number of halogens is 1. The summed E-state index contributed by atoms with van der Waals surface area (Å²) < 4.78 is 5.81. The van der Waals surface area contributed by atoms with Crippen LogP contribution in [0.15, 0.2) is 72.8 Å². The number of nitrogens with one attached hydrogen (secondary N) is 2. The molecule has 0 amide bonds. The second-order valence-electron chi connectivity index (χ2n) is 8.21. The standard InChI is InChI=1S/C27H18ClN3O3/c1-14-6-8-16(11-19(14)26(32)33)34-27-30-24-12-20(21(28)13-25(24)31-27)15-7-9-18-17-4-2-3-5-22(17)29-23(18)10-15/h2-13,29H,1H3,(H,30,31)(H,32,33). The fourth-order valence-electron chi connectivity index (χ4n) is 4.31. The molecule has 6 aromatic rings. The minimum absolute atomic E-state index is 0.186. The molecule has 2 heterocycles. The number of ether oxygens (including phenoxy) is 1. The highest BCUT2D eigenvalue weighted by Gasteiger charge is 2.14. The molecule has 6 nitrogen and oxygen atoms in total. The van der Waals surface area contributed by atoms with Gasteiger partial charge in [-0.3, -0.25) is 0 Å². The highest BCUT2D eigenvalue weighted by atomic mass is 35.5. The number of hydrogen-bond acceptors (Lipinski definition) is 3. The molecule has 7 heteroatoms. The smallest absolute Gasteiger partial charge is 0.336 e. The van der Waals surface area contributed by atoms with E-state index < -0.39 is 5.97 Å². The minimum atomic E-state index is -1.00. The molecule has 0 fully saturated rings. The zero-order chi connectivity index (χ0) is 23.4. The monoisotopic (exact) mass is 467 g/mol. The van der Waals surface area contributed by atoms with Gasteiger partial charge in [0.05, 0.1) is 21.6 Å². The predicted octanol–water partition coefficient (Wildman–Crippen LogP) is 7.32. The quantitative estimate of drug-likeness (QED) is 0.253. The third-order valence-electron chi connectivity index (χ3n) is 6.02. The first-order valence-electron chi connectivity index (χ1n) is 10.7. The van der Waals surface area contributed by atoms with Gasteiger partial charge in [0.1, 0.15) is 5.75 Å². The van der Waals surface area contributed by atoms with E-state index in [1.54, 1.807) is 19.1 Å². The highest BCUT2D eigenvalue weighted by molar-refractivity contribution is 6.34. The molecule has 2 aromatic heterocycles. The molecular formula is C27H18ClN3O3. The van der Waals surface area contributed by atoms with Crippen LogP contribution < -0.4 is 4.74 Å². The topological polar surface area (TPSA) is 91.0 Å². The van der Waals surface area contributed by atoms with E-state index in [-0.39, 0.29) is 11.6 Å². The van der Waals surface area contributed by atoms with Gasteiger partial charge in [-0.25, -0.2) is 4.79 Å². The summed E-state index contributed by atoms with van der Waals surface area (Å²) in [5.41, 5.74) is 6.22. The number of para-hydroxylation sites is 1. The van der Waals surface area contributed by atoms with E-state index in [0.717, 1.165) is 33.1 Å². The van der Waals surface area contributed by atoms with Gasteiger partial charge in [-0.15, -0.1) is 0 Å². The van der Waals surface area contributed by atoms with Gasteiger partial charge >= 0.3 is 5.97 Å². The molecule has 0 saturated carbocycles. The van der Waals surface area contributed by atoms with Gasteiger partial charge in [0, 0.05) is 27.4 Å². The Bertz CT molecular complexity index is 1750. The number of imidazole rings is 1. The molecule has 4 aromatic carbocycles. The second kappa shape index (κ2) is 7.64. The lowest BCUT2D eigenvalue weighted by atomic mass is 10.0. The summed E-state index contributed by atoms with van der Waals surface area (Å²) in [6.45, 7) is 1.74. The normalized spacial score (nSPS) is 11.5. The van der Waals surface area contributed by atoms with Crippen molar-refractivity contribution in [1.82, 2.24) is 15.0 Å². The van der Waals surface area contributed by atoms with E-state index in [1.165, 1.54) is 11.5 Å². The summed E-state index contributed by atoms with van der Waals surface area (Å²) in [5, 5.41) is 12.3. The Morgan fingerprint density at radius 2 is 1.74 bits per heavy atom. The van der Waals surface area contributed by atoms with E-state index in [1.807, 2.05) is 24.3 Å². The van der Waals surface area contributed by atoms with Gasteiger partial charge in [-0.1, -0.05) is 48.0 Å². The highest BCUT2D eigenvalue weighted by Crippen LogP contribution is 2.36. The number of aromatic nitrogens is 3. The van der Waals surface area contributed by atoms with Crippen LogP contribution in [0.4, 0.5) is 0 Å². The molecule has 0 saturated heterocycles. The van der Waals surface area contributed by atoms with Crippen LogP contribution in [0.5, 0.6) is 11.8 Å². The number of fused-ring (bicyclic) bond motifs is 4. The molecule has 166 valence electrons. The molecule has 0 unspecified atom stereocenters. The third kappa shape index (κ3) is 3.36. The van der Waals surface area contributed by atoms with Gasteiger partial charge in [0.25, 0.3) is 6.01 Å². The van der Waals surface area contributed by atoms with E-state index >= 15 is 0 Å². The fraction of sp³-hybridized carbons (Fsp3) is 0.0370. The Morgan fingerprint density at radius 1 is 0.912 bits per heavy atom. The van der Waals surface area contributed by atoms with Crippen molar-refractivity contribution in [1.29, 1.82) is 0 Å². The molecule has 3 N–H and O–H groups in total. The number of carbonyl (C=O) groups is 1. The van der Waals surface area contributed by atoms with Crippen LogP contribution in [0.1, 0.15) is 15.9 Å². The molecule has 6 rings (SSSR count). The summed E-state index contributed by atoms with van der Waals surface area (Å²) in [6, 6.07) is 23.4. The Hall–Kier alpha value is -4.29. The largest absolute Gasteiger partial charge is 0.478 e. The summed E-state index contributed by atoms with van der Waals surface area (Å²) >= 11 is 6.65. The lowest BCUT2D eigenvalue weighted by Gasteiger charge is -2.05. The van der Waals surface area contributed by atoms with Crippen LogP contribution in [-0.4, -0.2) is 26.0 Å². The molecule has 34 heavy (non-hydrogen) atoms. The van der Waals surface area contributed by atoms with Crippen molar-refractivity contribution in [3.63, 3.8) is 0 Å². The Balaban J connectivity index is 1.38. The van der Waals surface area contributed by atoms with Crippen molar-refractivity contribution >= 4 is 50.4 Å². The summed E-state index contributed by atoms with van der Waals surface area (Å²) in [6.07, 6.45) is 0. The number of nitrogens with zero attached hydrogens (tertiary/aromatic N) is 1. The molecule has 0 atom stereocenters. The third-order valence-corrected chi connectivity index (χ3v) is 6.33. The molecule has 0 aliphatic heterocycles. The summed E-state index contributed by atoms with van der Waals surface area (Å²) in [7, 11) is 0. The maximum absolute atomic E-state index is 11.4. The van der Waals surface area contributed by atoms with E-state index in [0.29, 0.717) is 21.9 Å². The maximum Gasteiger partial charge on any atom is 0.336 e. The van der Waals surface area contributed by atoms with Gasteiger partial charge in [-0.05, 0) is 54.4 Å². The first-order valence-corrected chi connectivity index (χ1v) is 11.1. The molecule has 0 aliphatic carbocycles. The predicted molar refractivity (Wildman–Crippen MR) is 134 cm³/mol. The average molecular weight is 468 g/mol. The lowest BCUT2D eigenvalue weighted by molar-refractivity contribution is 0.0695. The number of aromatic carboxylic acids is 1. The van der Waals surface area contributed by atoms with Crippen LogP contribution in [0.25, 0.3) is 44.0 Å². The number of H-pyrrole nitrogens is 2. The number of benzene rings is 4. The van der Waals surface area contributed by atoms with Gasteiger partial charge in [-0.2, -0.15) is 4.98 Å². The molecule has 0 spiro atoms. The van der Waals surface area contributed by atoms with Crippen molar-refractivity contribution in [2.75, 3.05) is 0 Å². The van der Waals surface area contributed by atoms with Crippen LogP contribution >= 0.6 is 11.6 Å². The first-order chi connectivity index (χ1) is 16.5. The van der Waals surface area contributed by atoms with Crippen LogP contribution in [0, 0.1) is 6.92 Å². The van der Waals surface area contributed by atoms with Gasteiger partial charge in [0.2, 0.25) is 0 Å². The number of aryl methyl sites for hydroxylation is 1. The van der Waals surface area contributed by atoms with E-state index in [4.69, 9.17) is 16.3 Å². The van der Waals surface area contributed by atoms with Crippen molar-refractivity contribution in [3.8, 4) is 22.9 Å². The minimum Gasteiger partial charge on any atom is -0.478 e. The van der Waals surface area contributed by atoms with E-state index in [9.17, 15) is 9.90 Å².